The molecule has 1 atom stereocenters. The molecule has 1 aliphatic rings. The van der Waals surface area contributed by atoms with Gasteiger partial charge < -0.3 is 10.2 Å². The van der Waals surface area contributed by atoms with Crippen molar-refractivity contribution in [1.29, 1.82) is 0 Å². The molecule has 1 aliphatic heterocycles. The van der Waals surface area contributed by atoms with Gasteiger partial charge in [0.2, 0.25) is 5.60 Å². The van der Waals surface area contributed by atoms with Crippen LogP contribution < -0.4 is 5.32 Å². The number of halogens is 1. The van der Waals surface area contributed by atoms with Crippen LogP contribution in [0.4, 0.5) is 4.39 Å². The molecule has 0 aromatic heterocycles. The molecule has 20 heavy (non-hydrogen) atoms. The SMILES string of the molecule is CC(C)CNC(=O)[C@@]1(C)CC(c2ccccc2F)=NO1. The van der Waals surface area contributed by atoms with Crippen molar-refractivity contribution in [2.45, 2.75) is 32.8 Å². The van der Waals surface area contributed by atoms with Gasteiger partial charge in [-0.1, -0.05) is 37.2 Å². The first-order valence-electron chi connectivity index (χ1n) is 6.70. The molecule has 1 N–H and O–H groups in total. The highest BCUT2D eigenvalue weighted by Gasteiger charge is 2.42. The Morgan fingerprint density at radius 3 is 2.85 bits per heavy atom. The van der Waals surface area contributed by atoms with Crippen LogP contribution in [-0.2, 0) is 9.63 Å². The molecule has 0 aliphatic carbocycles. The fraction of sp³-hybridized carbons (Fsp3) is 0.467. The van der Waals surface area contributed by atoms with Gasteiger partial charge in [0.1, 0.15) is 5.82 Å². The Balaban J connectivity index is 2.07. The predicted octanol–water partition coefficient (Wildman–Crippen LogP) is 2.48. The molecule has 0 saturated carbocycles. The number of hydrogen-bond donors (Lipinski definition) is 1. The number of hydrogen-bond acceptors (Lipinski definition) is 3. The van der Waals surface area contributed by atoms with Gasteiger partial charge in [-0.2, -0.15) is 0 Å². The Kier molecular flexibility index (Phi) is 4.06. The van der Waals surface area contributed by atoms with Crippen LogP contribution in [0.5, 0.6) is 0 Å². The van der Waals surface area contributed by atoms with Crippen molar-refractivity contribution in [3.05, 3.63) is 35.6 Å². The van der Waals surface area contributed by atoms with Crippen molar-refractivity contribution in [3.8, 4) is 0 Å². The summed E-state index contributed by atoms with van der Waals surface area (Å²) in [6.07, 6.45) is 0.262. The average molecular weight is 278 g/mol. The van der Waals surface area contributed by atoms with Crippen LogP contribution in [-0.4, -0.2) is 23.8 Å². The van der Waals surface area contributed by atoms with E-state index in [9.17, 15) is 9.18 Å². The third-order valence-corrected chi connectivity index (χ3v) is 3.20. The summed E-state index contributed by atoms with van der Waals surface area (Å²) in [5.41, 5.74) is -0.217. The Bertz CT molecular complexity index is 542. The average Bonchev–Trinajstić information content (AvgIpc) is 2.80. The molecule has 0 radical (unpaired) electrons. The van der Waals surface area contributed by atoms with Crippen molar-refractivity contribution in [2.75, 3.05) is 6.54 Å². The van der Waals surface area contributed by atoms with E-state index >= 15 is 0 Å². The first kappa shape index (κ1) is 14.5. The maximum Gasteiger partial charge on any atom is 0.267 e. The molecule has 0 spiro atoms. The quantitative estimate of drug-likeness (QED) is 0.920. The number of amides is 1. The van der Waals surface area contributed by atoms with E-state index in [2.05, 4.69) is 10.5 Å². The fourth-order valence-electron chi connectivity index (χ4n) is 1.99. The first-order chi connectivity index (χ1) is 9.42. The summed E-state index contributed by atoms with van der Waals surface area (Å²) in [7, 11) is 0. The molecule has 0 unspecified atom stereocenters. The Morgan fingerprint density at radius 1 is 1.50 bits per heavy atom. The minimum atomic E-state index is -1.06. The molecule has 2 rings (SSSR count). The van der Waals surface area contributed by atoms with Gasteiger partial charge in [-0.25, -0.2) is 4.39 Å². The summed E-state index contributed by atoms with van der Waals surface area (Å²) < 4.78 is 13.7. The monoisotopic (exact) mass is 278 g/mol. The second kappa shape index (κ2) is 5.61. The summed E-state index contributed by atoms with van der Waals surface area (Å²) in [6, 6.07) is 6.35. The van der Waals surface area contributed by atoms with Gasteiger partial charge >= 0.3 is 0 Å². The van der Waals surface area contributed by atoms with Crippen molar-refractivity contribution in [2.24, 2.45) is 11.1 Å². The predicted molar refractivity (Wildman–Crippen MR) is 74.9 cm³/mol. The topological polar surface area (TPSA) is 50.7 Å². The van der Waals surface area contributed by atoms with Gasteiger partial charge in [0.05, 0.1) is 5.71 Å². The lowest BCUT2D eigenvalue weighted by Gasteiger charge is -2.21. The van der Waals surface area contributed by atoms with Crippen LogP contribution in [0.15, 0.2) is 29.4 Å². The first-order valence-corrected chi connectivity index (χ1v) is 6.70. The van der Waals surface area contributed by atoms with Crippen LogP contribution in [0.3, 0.4) is 0 Å². The summed E-state index contributed by atoms with van der Waals surface area (Å²) >= 11 is 0. The Labute approximate surface area is 118 Å². The Morgan fingerprint density at radius 2 is 2.20 bits per heavy atom. The number of nitrogens with one attached hydrogen (secondary N) is 1. The molecule has 0 bridgehead atoms. The smallest absolute Gasteiger partial charge is 0.267 e. The highest BCUT2D eigenvalue weighted by atomic mass is 19.1. The van der Waals surface area contributed by atoms with Gasteiger partial charge in [0.25, 0.3) is 5.91 Å². The van der Waals surface area contributed by atoms with Gasteiger partial charge in [-0.05, 0) is 18.9 Å². The van der Waals surface area contributed by atoms with Gasteiger partial charge in [0.15, 0.2) is 0 Å². The molecule has 5 heteroatoms. The minimum Gasteiger partial charge on any atom is -0.379 e. The van der Waals surface area contributed by atoms with E-state index in [1.807, 2.05) is 13.8 Å². The summed E-state index contributed by atoms with van der Waals surface area (Å²) in [4.78, 5) is 17.4. The van der Waals surface area contributed by atoms with E-state index in [0.717, 1.165) is 0 Å². The van der Waals surface area contributed by atoms with E-state index in [1.165, 1.54) is 6.07 Å². The summed E-state index contributed by atoms with van der Waals surface area (Å²) in [5.74, 6) is -0.223. The number of oxime groups is 1. The number of rotatable bonds is 4. The molecule has 1 aromatic rings. The molecular formula is C15H19FN2O2. The van der Waals surface area contributed by atoms with Crippen LogP contribution >= 0.6 is 0 Å². The third-order valence-electron chi connectivity index (χ3n) is 3.20. The van der Waals surface area contributed by atoms with Crippen molar-refractivity contribution < 1.29 is 14.0 Å². The van der Waals surface area contributed by atoms with Crippen molar-refractivity contribution in [1.82, 2.24) is 5.32 Å². The zero-order valence-electron chi connectivity index (χ0n) is 11.9. The highest BCUT2D eigenvalue weighted by Crippen LogP contribution is 2.27. The van der Waals surface area contributed by atoms with E-state index in [-0.39, 0.29) is 18.1 Å². The maximum atomic E-state index is 13.7. The lowest BCUT2D eigenvalue weighted by Crippen LogP contribution is -2.45. The summed E-state index contributed by atoms with van der Waals surface area (Å²) in [6.45, 7) is 6.27. The molecule has 0 fully saturated rings. The largest absolute Gasteiger partial charge is 0.379 e. The molecule has 1 aromatic carbocycles. The number of benzene rings is 1. The molecular weight excluding hydrogens is 259 g/mol. The second-order valence-electron chi connectivity index (χ2n) is 5.62. The maximum absolute atomic E-state index is 13.7. The molecule has 1 heterocycles. The van der Waals surface area contributed by atoms with Crippen LogP contribution in [0.2, 0.25) is 0 Å². The fourth-order valence-corrected chi connectivity index (χ4v) is 1.99. The van der Waals surface area contributed by atoms with Gasteiger partial charge in [-0.3, -0.25) is 4.79 Å². The molecule has 108 valence electrons. The number of nitrogens with zero attached hydrogens (tertiary/aromatic N) is 1. The zero-order chi connectivity index (χ0) is 14.8. The summed E-state index contributed by atoms with van der Waals surface area (Å²) in [5, 5.41) is 6.70. The zero-order valence-corrected chi connectivity index (χ0v) is 11.9. The van der Waals surface area contributed by atoms with E-state index in [4.69, 9.17) is 4.84 Å². The minimum absolute atomic E-state index is 0.221. The van der Waals surface area contributed by atoms with Crippen LogP contribution in [0, 0.1) is 11.7 Å². The molecule has 4 nitrogen and oxygen atoms in total. The Hall–Kier alpha value is -1.91. The second-order valence-corrected chi connectivity index (χ2v) is 5.62. The highest BCUT2D eigenvalue weighted by molar-refractivity contribution is 6.05. The van der Waals surface area contributed by atoms with Gasteiger partial charge in [0, 0.05) is 18.5 Å². The standard InChI is InChI=1S/C15H19FN2O2/c1-10(2)9-17-14(19)15(3)8-13(18-20-15)11-6-4-5-7-12(11)16/h4-7,10H,8-9H2,1-3H3,(H,17,19)/t15-/m1/s1. The molecule has 1 amide bonds. The molecule has 0 saturated heterocycles. The van der Waals surface area contributed by atoms with Gasteiger partial charge in [-0.15, -0.1) is 0 Å². The lowest BCUT2D eigenvalue weighted by molar-refractivity contribution is -0.141. The van der Waals surface area contributed by atoms with Crippen molar-refractivity contribution in [3.63, 3.8) is 0 Å². The van der Waals surface area contributed by atoms with Crippen LogP contribution in [0.1, 0.15) is 32.8 Å². The van der Waals surface area contributed by atoms with Crippen LogP contribution in [0.25, 0.3) is 0 Å². The number of carbonyl (C=O) groups is 1. The van der Waals surface area contributed by atoms with E-state index in [0.29, 0.717) is 23.7 Å². The van der Waals surface area contributed by atoms with E-state index < -0.39 is 5.60 Å². The lowest BCUT2D eigenvalue weighted by atomic mass is 9.94. The van der Waals surface area contributed by atoms with Crippen molar-refractivity contribution >= 4 is 11.6 Å². The third kappa shape index (κ3) is 2.98. The normalized spacial score (nSPS) is 21.6. The van der Waals surface area contributed by atoms with E-state index in [1.54, 1.807) is 25.1 Å². The number of carbonyl (C=O) groups excluding carboxylic acids is 1.